The van der Waals surface area contributed by atoms with Gasteiger partial charge < -0.3 is 19.9 Å². The fourth-order valence-electron chi connectivity index (χ4n) is 4.08. The molecule has 182 valence electrons. The maximum Gasteiger partial charge on any atom is 0.191 e. The Morgan fingerprint density at radius 3 is 2.44 bits per heavy atom. The summed E-state index contributed by atoms with van der Waals surface area (Å²) in [5, 5.41) is 6.92. The number of hydrogen-bond donors (Lipinski definition) is 2. The van der Waals surface area contributed by atoms with E-state index in [4.69, 9.17) is 4.74 Å². The predicted octanol–water partition coefficient (Wildman–Crippen LogP) is 3.56. The molecule has 2 aromatic carbocycles. The molecule has 8 heteroatoms. The molecule has 0 bridgehead atoms. The first-order valence-corrected chi connectivity index (χ1v) is 11.6. The molecule has 0 atom stereocenters. The third kappa shape index (κ3) is 7.54. The first kappa shape index (κ1) is 26.2. The second kappa shape index (κ2) is 13.5. The summed E-state index contributed by atoms with van der Waals surface area (Å²) in [5.74, 6) is 1.82. The quantitative estimate of drug-likeness (QED) is 0.245. The number of aromatic nitrogens is 2. The van der Waals surface area contributed by atoms with Crippen LogP contribution in [-0.2, 0) is 30.9 Å². The average molecular weight is 575 g/mol. The van der Waals surface area contributed by atoms with Crippen molar-refractivity contribution < 1.29 is 4.74 Å². The van der Waals surface area contributed by atoms with E-state index in [1.165, 1.54) is 22.3 Å². The Morgan fingerprint density at radius 2 is 1.71 bits per heavy atom. The summed E-state index contributed by atoms with van der Waals surface area (Å²) >= 11 is 0. The van der Waals surface area contributed by atoms with Gasteiger partial charge in [0.25, 0.3) is 0 Å². The summed E-state index contributed by atoms with van der Waals surface area (Å²) in [7, 11) is 1.81. The van der Waals surface area contributed by atoms with Crippen molar-refractivity contribution in [3.63, 3.8) is 0 Å². The number of aryl methyl sites for hydroxylation is 1. The van der Waals surface area contributed by atoms with Crippen molar-refractivity contribution in [2.75, 3.05) is 33.4 Å². The molecular formula is C26H35IN6O. The molecule has 2 N–H and O–H groups in total. The fraction of sp³-hybridized carbons (Fsp3) is 0.385. The van der Waals surface area contributed by atoms with E-state index < -0.39 is 0 Å². The highest BCUT2D eigenvalue weighted by atomic mass is 127. The Bertz CT molecular complexity index is 1060. The van der Waals surface area contributed by atoms with Gasteiger partial charge in [0.2, 0.25) is 0 Å². The lowest BCUT2D eigenvalue weighted by Crippen LogP contribution is -2.37. The normalized spacial score (nSPS) is 14.5. The van der Waals surface area contributed by atoms with Crippen LogP contribution in [-0.4, -0.2) is 53.8 Å². The highest BCUT2D eigenvalue weighted by Crippen LogP contribution is 2.13. The molecule has 1 fully saturated rings. The van der Waals surface area contributed by atoms with Crippen molar-refractivity contribution in [2.24, 2.45) is 4.99 Å². The zero-order chi connectivity index (χ0) is 22.9. The number of nitrogens with zero attached hydrogens (tertiary/aromatic N) is 4. The van der Waals surface area contributed by atoms with Crippen LogP contribution in [0, 0.1) is 6.92 Å². The number of ether oxygens (including phenoxy) is 1. The Labute approximate surface area is 219 Å². The molecule has 2 heterocycles. The molecule has 34 heavy (non-hydrogen) atoms. The maximum atomic E-state index is 5.48. The van der Waals surface area contributed by atoms with Gasteiger partial charge in [0, 0.05) is 58.7 Å². The summed E-state index contributed by atoms with van der Waals surface area (Å²) < 4.78 is 7.64. The number of halogens is 1. The van der Waals surface area contributed by atoms with E-state index in [1.807, 2.05) is 26.4 Å². The third-order valence-electron chi connectivity index (χ3n) is 6.01. The minimum Gasteiger partial charge on any atom is -0.379 e. The Morgan fingerprint density at radius 1 is 0.971 bits per heavy atom. The molecule has 0 saturated carbocycles. The van der Waals surface area contributed by atoms with Gasteiger partial charge in [-0.3, -0.25) is 9.89 Å². The topological polar surface area (TPSA) is 66.7 Å². The number of rotatable bonds is 8. The summed E-state index contributed by atoms with van der Waals surface area (Å²) in [6, 6.07) is 17.3. The van der Waals surface area contributed by atoms with Crippen molar-refractivity contribution in [1.82, 2.24) is 25.1 Å². The molecule has 0 spiro atoms. The van der Waals surface area contributed by atoms with Crippen LogP contribution in [0.25, 0.3) is 0 Å². The number of aliphatic imine (C=N–C) groups is 1. The number of guanidine groups is 1. The zero-order valence-electron chi connectivity index (χ0n) is 20.0. The SMILES string of the molecule is CN=C(NCc1cccc(Cn2ccnc2C)c1)NCc1ccccc1CN1CCOCC1.I. The molecule has 1 aromatic heterocycles. The lowest BCUT2D eigenvalue weighted by atomic mass is 10.1. The Balaban J connectivity index is 0.00000324. The lowest BCUT2D eigenvalue weighted by Gasteiger charge is -2.27. The summed E-state index contributed by atoms with van der Waals surface area (Å²) in [6.45, 7) is 8.88. The molecule has 0 unspecified atom stereocenters. The van der Waals surface area contributed by atoms with Crippen molar-refractivity contribution in [2.45, 2.75) is 33.1 Å². The molecule has 4 rings (SSSR count). The van der Waals surface area contributed by atoms with Crippen molar-refractivity contribution in [1.29, 1.82) is 0 Å². The van der Waals surface area contributed by atoms with Gasteiger partial charge in [0.1, 0.15) is 5.82 Å². The monoisotopic (exact) mass is 574 g/mol. The van der Waals surface area contributed by atoms with Gasteiger partial charge in [0.15, 0.2) is 5.96 Å². The van der Waals surface area contributed by atoms with Crippen LogP contribution < -0.4 is 10.6 Å². The number of benzene rings is 2. The number of morpholine rings is 1. The van der Waals surface area contributed by atoms with Crippen LogP contribution in [0.15, 0.2) is 65.9 Å². The molecule has 0 amide bonds. The van der Waals surface area contributed by atoms with Crippen LogP contribution in [0.4, 0.5) is 0 Å². The smallest absolute Gasteiger partial charge is 0.191 e. The van der Waals surface area contributed by atoms with Crippen molar-refractivity contribution in [3.05, 3.63) is 89.0 Å². The largest absolute Gasteiger partial charge is 0.379 e. The van der Waals surface area contributed by atoms with Crippen LogP contribution >= 0.6 is 24.0 Å². The molecule has 1 saturated heterocycles. The predicted molar refractivity (Wildman–Crippen MR) is 147 cm³/mol. The number of hydrogen-bond acceptors (Lipinski definition) is 4. The van der Waals surface area contributed by atoms with E-state index in [-0.39, 0.29) is 24.0 Å². The standard InChI is InChI=1S/C26H34N6O.HI/c1-21-28-10-11-32(21)19-23-7-5-6-22(16-23)17-29-26(27-2)30-18-24-8-3-4-9-25(24)20-31-12-14-33-15-13-31;/h3-11,16H,12-15,17-20H2,1-2H3,(H2,27,29,30);1H. The van der Waals surface area contributed by atoms with E-state index in [9.17, 15) is 0 Å². The molecule has 0 aliphatic carbocycles. The van der Waals surface area contributed by atoms with E-state index in [2.05, 4.69) is 78.6 Å². The minimum absolute atomic E-state index is 0. The van der Waals surface area contributed by atoms with E-state index in [1.54, 1.807) is 0 Å². The van der Waals surface area contributed by atoms with Gasteiger partial charge >= 0.3 is 0 Å². The minimum atomic E-state index is 0. The zero-order valence-corrected chi connectivity index (χ0v) is 22.4. The summed E-state index contributed by atoms with van der Waals surface area (Å²) in [5.41, 5.74) is 5.13. The first-order valence-electron chi connectivity index (χ1n) is 11.6. The molecule has 3 aromatic rings. The van der Waals surface area contributed by atoms with E-state index in [0.717, 1.165) is 57.7 Å². The molecule has 0 radical (unpaired) electrons. The third-order valence-corrected chi connectivity index (χ3v) is 6.01. The fourth-order valence-corrected chi connectivity index (χ4v) is 4.08. The van der Waals surface area contributed by atoms with Crippen LogP contribution in [0.5, 0.6) is 0 Å². The molecular weight excluding hydrogens is 539 g/mol. The second-order valence-electron chi connectivity index (χ2n) is 8.36. The van der Waals surface area contributed by atoms with E-state index in [0.29, 0.717) is 6.54 Å². The van der Waals surface area contributed by atoms with Crippen molar-refractivity contribution >= 4 is 29.9 Å². The van der Waals surface area contributed by atoms with Gasteiger partial charge in [-0.15, -0.1) is 24.0 Å². The number of nitrogens with one attached hydrogen (secondary N) is 2. The lowest BCUT2D eigenvalue weighted by molar-refractivity contribution is 0.0341. The Kier molecular flexibility index (Phi) is 10.4. The van der Waals surface area contributed by atoms with Crippen molar-refractivity contribution in [3.8, 4) is 0 Å². The van der Waals surface area contributed by atoms with Gasteiger partial charge in [-0.05, 0) is 29.2 Å². The summed E-state index contributed by atoms with van der Waals surface area (Å²) in [4.78, 5) is 11.2. The van der Waals surface area contributed by atoms with Crippen LogP contribution in [0.3, 0.4) is 0 Å². The van der Waals surface area contributed by atoms with Gasteiger partial charge in [0.05, 0.1) is 13.2 Å². The molecule has 1 aliphatic rings. The maximum absolute atomic E-state index is 5.48. The Hall–Kier alpha value is -2.43. The first-order chi connectivity index (χ1) is 16.2. The average Bonchev–Trinajstić information content (AvgIpc) is 3.25. The molecule has 7 nitrogen and oxygen atoms in total. The van der Waals surface area contributed by atoms with Crippen LogP contribution in [0.2, 0.25) is 0 Å². The highest BCUT2D eigenvalue weighted by molar-refractivity contribution is 14.0. The summed E-state index contributed by atoms with van der Waals surface area (Å²) in [6.07, 6.45) is 3.86. The highest BCUT2D eigenvalue weighted by Gasteiger charge is 2.13. The van der Waals surface area contributed by atoms with Gasteiger partial charge in [-0.25, -0.2) is 4.98 Å². The number of imidazole rings is 1. The second-order valence-corrected chi connectivity index (χ2v) is 8.36. The van der Waals surface area contributed by atoms with Crippen LogP contribution in [0.1, 0.15) is 28.1 Å². The molecule has 1 aliphatic heterocycles. The van der Waals surface area contributed by atoms with Gasteiger partial charge in [-0.2, -0.15) is 0 Å². The van der Waals surface area contributed by atoms with E-state index >= 15 is 0 Å². The van der Waals surface area contributed by atoms with Gasteiger partial charge in [-0.1, -0.05) is 48.5 Å².